The summed E-state index contributed by atoms with van der Waals surface area (Å²) in [5, 5.41) is 3.04. The lowest BCUT2D eigenvalue weighted by Gasteiger charge is -2.23. The van der Waals surface area contributed by atoms with Gasteiger partial charge >= 0.3 is 0 Å². The Morgan fingerprint density at radius 1 is 1.17 bits per heavy atom. The van der Waals surface area contributed by atoms with Crippen LogP contribution in [0.5, 0.6) is 0 Å². The van der Waals surface area contributed by atoms with E-state index in [4.69, 9.17) is 0 Å². The zero-order valence-corrected chi connectivity index (χ0v) is 12.1. The number of hydrogen-bond donors (Lipinski definition) is 1. The molecule has 0 aliphatic carbocycles. The summed E-state index contributed by atoms with van der Waals surface area (Å²) in [6, 6.07) is 7.56. The summed E-state index contributed by atoms with van der Waals surface area (Å²) in [4.78, 5) is 0. The Morgan fingerprint density at radius 3 is 2.28 bits per heavy atom. The topological polar surface area (TPSA) is 49.4 Å². The standard InChI is InChI=1S/C13H22N2O2S/c1-4-14-10-11-18(16,17)15(5-2)13-8-6-12(3)7-9-13/h6-9,14H,4-5,10-11H2,1-3H3. The molecule has 0 amide bonds. The molecule has 18 heavy (non-hydrogen) atoms. The molecule has 1 aromatic carbocycles. The predicted molar refractivity (Wildman–Crippen MR) is 76.5 cm³/mol. The smallest absolute Gasteiger partial charge is 0.236 e. The van der Waals surface area contributed by atoms with E-state index in [0.29, 0.717) is 13.1 Å². The Labute approximate surface area is 110 Å². The minimum atomic E-state index is -3.24. The summed E-state index contributed by atoms with van der Waals surface area (Å²) in [5.74, 6) is 0.128. The average Bonchev–Trinajstić information content (AvgIpc) is 2.32. The number of hydrogen-bond acceptors (Lipinski definition) is 3. The minimum Gasteiger partial charge on any atom is -0.316 e. The first-order chi connectivity index (χ1) is 8.51. The van der Waals surface area contributed by atoms with Crippen molar-refractivity contribution in [3.05, 3.63) is 29.8 Å². The van der Waals surface area contributed by atoms with Crippen LogP contribution in [-0.4, -0.2) is 33.8 Å². The van der Waals surface area contributed by atoms with Gasteiger partial charge in [-0.05, 0) is 32.5 Å². The molecule has 0 heterocycles. The third-order valence-corrected chi connectivity index (χ3v) is 4.59. The average molecular weight is 270 g/mol. The summed E-state index contributed by atoms with van der Waals surface area (Å²) >= 11 is 0. The molecule has 1 rings (SSSR count). The molecule has 0 fully saturated rings. The van der Waals surface area contributed by atoms with Gasteiger partial charge in [0.25, 0.3) is 0 Å². The molecule has 0 unspecified atom stereocenters. The van der Waals surface area contributed by atoms with Crippen LogP contribution in [0.25, 0.3) is 0 Å². The second kappa shape index (κ2) is 6.75. The summed E-state index contributed by atoms with van der Waals surface area (Å²) in [6.45, 7) is 7.53. The van der Waals surface area contributed by atoms with E-state index in [1.807, 2.05) is 45.0 Å². The number of sulfonamides is 1. The first-order valence-corrected chi connectivity index (χ1v) is 7.90. The Morgan fingerprint density at radius 2 is 1.78 bits per heavy atom. The van der Waals surface area contributed by atoms with Gasteiger partial charge in [-0.2, -0.15) is 0 Å². The van der Waals surface area contributed by atoms with Crippen molar-refractivity contribution in [2.45, 2.75) is 20.8 Å². The number of aryl methyl sites for hydroxylation is 1. The third-order valence-electron chi connectivity index (χ3n) is 2.73. The highest BCUT2D eigenvalue weighted by atomic mass is 32.2. The molecular weight excluding hydrogens is 248 g/mol. The fourth-order valence-electron chi connectivity index (χ4n) is 1.74. The fourth-order valence-corrected chi connectivity index (χ4v) is 3.20. The van der Waals surface area contributed by atoms with Crippen LogP contribution in [0.2, 0.25) is 0 Å². The van der Waals surface area contributed by atoms with Gasteiger partial charge < -0.3 is 5.32 Å². The number of benzene rings is 1. The Bertz CT molecular complexity index is 454. The molecule has 1 N–H and O–H groups in total. The van der Waals surface area contributed by atoms with Crippen LogP contribution in [0.3, 0.4) is 0 Å². The van der Waals surface area contributed by atoms with Gasteiger partial charge in [0.05, 0.1) is 11.4 Å². The van der Waals surface area contributed by atoms with Crippen LogP contribution < -0.4 is 9.62 Å². The lowest BCUT2D eigenvalue weighted by atomic mass is 10.2. The molecule has 0 bridgehead atoms. The maximum Gasteiger partial charge on any atom is 0.236 e. The van der Waals surface area contributed by atoms with E-state index in [2.05, 4.69) is 5.32 Å². The summed E-state index contributed by atoms with van der Waals surface area (Å²) in [5.41, 5.74) is 1.86. The third kappa shape index (κ3) is 3.99. The highest BCUT2D eigenvalue weighted by Crippen LogP contribution is 2.18. The number of anilines is 1. The minimum absolute atomic E-state index is 0.128. The van der Waals surface area contributed by atoms with Crippen molar-refractivity contribution in [2.75, 3.05) is 29.7 Å². The van der Waals surface area contributed by atoms with Gasteiger partial charge in [-0.25, -0.2) is 8.42 Å². The van der Waals surface area contributed by atoms with Gasteiger partial charge in [-0.3, -0.25) is 4.31 Å². The van der Waals surface area contributed by atoms with Crippen LogP contribution in [0.4, 0.5) is 5.69 Å². The fraction of sp³-hybridized carbons (Fsp3) is 0.538. The monoisotopic (exact) mass is 270 g/mol. The molecule has 0 aliphatic rings. The zero-order valence-electron chi connectivity index (χ0n) is 11.3. The highest BCUT2D eigenvalue weighted by molar-refractivity contribution is 7.92. The summed E-state index contributed by atoms with van der Waals surface area (Å²) in [7, 11) is -3.24. The maximum absolute atomic E-state index is 12.2. The highest BCUT2D eigenvalue weighted by Gasteiger charge is 2.20. The van der Waals surface area contributed by atoms with Gasteiger partial charge in [-0.15, -0.1) is 0 Å². The summed E-state index contributed by atoms with van der Waals surface area (Å²) < 4.78 is 25.9. The SMILES string of the molecule is CCNCCS(=O)(=O)N(CC)c1ccc(C)cc1. The van der Waals surface area contributed by atoms with E-state index in [9.17, 15) is 8.42 Å². The molecule has 0 aromatic heterocycles. The van der Waals surface area contributed by atoms with Crippen molar-refractivity contribution in [2.24, 2.45) is 0 Å². The molecule has 0 aliphatic heterocycles. The van der Waals surface area contributed by atoms with Gasteiger partial charge in [-0.1, -0.05) is 24.6 Å². The summed E-state index contributed by atoms with van der Waals surface area (Å²) in [6.07, 6.45) is 0. The van der Waals surface area contributed by atoms with Crippen LogP contribution in [0, 0.1) is 6.92 Å². The van der Waals surface area contributed by atoms with Crippen molar-refractivity contribution in [3.8, 4) is 0 Å². The largest absolute Gasteiger partial charge is 0.316 e. The van der Waals surface area contributed by atoms with Crippen molar-refractivity contribution in [1.82, 2.24) is 5.32 Å². The van der Waals surface area contributed by atoms with E-state index in [1.54, 1.807) is 0 Å². The molecule has 0 saturated heterocycles. The molecule has 0 spiro atoms. The van der Waals surface area contributed by atoms with Gasteiger partial charge in [0, 0.05) is 13.1 Å². The van der Waals surface area contributed by atoms with Crippen molar-refractivity contribution < 1.29 is 8.42 Å². The van der Waals surface area contributed by atoms with Crippen LogP contribution >= 0.6 is 0 Å². The molecule has 4 nitrogen and oxygen atoms in total. The van der Waals surface area contributed by atoms with E-state index in [0.717, 1.165) is 17.8 Å². The van der Waals surface area contributed by atoms with Gasteiger partial charge in [0.15, 0.2) is 0 Å². The second-order valence-corrected chi connectivity index (χ2v) is 6.18. The Balaban J connectivity index is 2.85. The number of nitrogens with zero attached hydrogens (tertiary/aromatic N) is 1. The second-order valence-electron chi connectivity index (χ2n) is 4.17. The van der Waals surface area contributed by atoms with E-state index in [1.165, 1.54) is 4.31 Å². The maximum atomic E-state index is 12.2. The lowest BCUT2D eigenvalue weighted by molar-refractivity contribution is 0.588. The quantitative estimate of drug-likeness (QED) is 0.768. The molecule has 0 saturated carbocycles. The number of rotatable bonds is 7. The molecule has 0 radical (unpaired) electrons. The predicted octanol–water partition coefficient (Wildman–Crippen LogP) is 1.76. The van der Waals surface area contributed by atoms with Gasteiger partial charge in [0.2, 0.25) is 10.0 Å². The first-order valence-electron chi connectivity index (χ1n) is 6.29. The van der Waals surface area contributed by atoms with E-state index in [-0.39, 0.29) is 5.75 Å². The first kappa shape index (κ1) is 15.0. The molecule has 0 atom stereocenters. The lowest BCUT2D eigenvalue weighted by Crippen LogP contribution is -2.36. The van der Waals surface area contributed by atoms with Crippen LogP contribution in [-0.2, 0) is 10.0 Å². The Kier molecular flexibility index (Phi) is 5.62. The molecular formula is C13H22N2O2S. The molecule has 5 heteroatoms. The molecule has 102 valence electrons. The Hall–Kier alpha value is -1.07. The van der Waals surface area contributed by atoms with Crippen molar-refractivity contribution in [1.29, 1.82) is 0 Å². The van der Waals surface area contributed by atoms with Crippen LogP contribution in [0.1, 0.15) is 19.4 Å². The van der Waals surface area contributed by atoms with Crippen LogP contribution in [0.15, 0.2) is 24.3 Å². The van der Waals surface area contributed by atoms with E-state index >= 15 is 0 Å². The van der Waals surface area contributed by atoms with E-state index < -0.39 is 10.0 Å². The molecule has 1 aromatic rings. The number of nitrogens with one attached hydrogen (secondary N) is 1. The zero-order chi connectivity index (χ0) is 13.6. The van der Waals surface area contributed by atoms with Crippen molar-refractivity contribution >= 4 is 15.7 Å². The van der Waals surface area contributed by atoms with Gasteiger partial charge in [0.1, 0.15) is 0 Å². The normalized spacial score (nSPS) is 11.5. The van der Waals surface area contributed by atoms with Crippen molar-refractivity contribution in [3.63, 3.8) is 0 Å².